The Hall–Kier alpha value is -0.570. The molecule has 16 heavy (non-hydrogen) atoms. The van der Waals surface area contributed by atoms with E-state index in [1.807, 2.05) is 6.92 Å². The van der Waals surface area contributed by atoms with Gasteiger partial charge in [0.15, 0.2) is 0 Å². The summed E-state index contributed by atoms with van der Waals surface area (Å²) in [6.45, 7) is 9.46. The lowest BCUT2D eigenvalue weighted by Gasteiger charge is -2.33. The molecule has 0 radical (unpaired) electrons. The van der Waals surface area contributed by atoms with Crippen LogP contribution in [0.3, 0.4) is 0 Å². The molecule has 0 aliphatic carbocycles. The third-order valence-electron chi connectivity index (χ3n) is 3.19. The molecule has 0 heterocycles. The van der Waals surface area contributed by atoms with Gasteiger partial charge in [0.25, 0.3) is 0 Å². The molecule has 0 amide bonds. The van der Waals surface area contributed by atoms with Crippen LogP contribution in [-0.4, -0.2) is 34.6 Å². The van der Waals surface area contributed by atoms with Crippen molar-refractivity contribution in [2.75, 3.05) is 6.54 Å². The summed E-state index contributed by atoms with van der Waals surface area (Å²) < 4.78 is 0. The first-order chi connectivity index (χ1) is 7.52. The first kappa shape index (κ1) is 15.4. The number of hydrogen-bond donors (Lipinski definition) is 1. The average molecular weight is 229 g/mol. The first-order valence-electron chi connectivity index (χ1n) is 6.50. The second-order valence-corrected chi connectivity index (χ2v) is 4.62. The normalized spacial score (nSPS) is 15.1. The summed E-state index contributed by atoms with van der Waals surface area (Å²) in [4.78, 5) is 13.0. The Labute approximate surface area is 99.8 Å². The number of nitrogens with zero attached hydrogens (tertiary/aromatic N) is 1. The fraction of sp³-hybridized carbons (Fsp3) is 0.923. The number of carbonyl (C=O) groups is 1. The van der Waals surface area contributed by atoms with Gasteiger partial charge in [0.05, 0.1) is 6.42 Å². The van der Waals surface area contributed by atoms with E-state index >= 15 is 0 Å². The first-order valence-corrected chi connectivity index (χ1v) is 6.50. The Morgan fingerprint density at radius 2 is 1.81 bits per heavy atom. The lowest BCUT2D eigenvalue weighted by Crippen LogP contribution is -2.41. The molecule has 0 saturated heterocycles. The van der Waals surface area contributed by atoms with Crippen LogP contribution < -0.4 is 0 Å². The van der Waals surface area contributed by atoms with Gasteiger partial charge in [-0.3, -0.25) is 9.69 Å². The summed E-state index contributed by atoms with van der Waals surface area (Å²) in [6.07, 6.45) is 5.17. The highest BCUT2D eigenvalue weighted by atomic mass is 16.4. The molecule has 0 aromatic carbocycles. The van der Waals surface area contributed by atoms with Crippen molar-refractivity contribution in [3.8, 4) is 0 Å². The summed E-state index contributed by atoms with van der Waals surface area (Å²) in [5, 5.41) is 8.80. The van der Waals surface area contributed by atoms with E-state index in [-0.39, 0.29) is 12.5 Å². The van der Waals surface area contributed by atoms with E-state index in [2.05, 4.69) is 25.7 Å². The topological polar surface area (TPSA) is 40.5 Å². The fourth-order valence-electron chi connectivity index (χ4n) is 2.28. The highest BCUT2D eigenvalue weighted by molar-refractivity contribution is 5.67. The third kappa shape index (κ3) is 6.11. The Morgan fingerprint density at radius 3 is 2.25 bits per heavy atom. The van der Waals surface area contributed by atoms with Gasteiger partial charge in [0.1, 0.15) is 0 Å². The highest BCUT2D eigenvalue weighted by Gasteiger charge is 2.20. The number of rotatable bonds is 9. The molecule has 0 bridgehead atoms. The van der Waals surface area contributed by atoms with Gasteiger partial charge in [-0.25, -0.2) is 0 Å². The van der Waals surface area contributed by atoms with E-state index in [0.29, 0.717) is 6.04 Å². The summed E-state index contributed by atoms with van der Waals surface area (Å²) >= 11 is 0. The number of carboxylic acids is 1. The quantitative estimate of drug-likeness (QED) is 0.617. The van der Waals surface area contributed by atoms with E-state index in [1.54, 1.807) is 0 Å². The number of aliphatic carboxylic acids is 1. The van der Waals surface area contributed by atoms with Crippen LogP contribution in [0.2, 0.25) is 0 Å². The third-order valence-corrected chi connectivity index (χ3v) is 3.19. The highest BCUT2D eigenvalue weighted by Crippen LogP contribution is 2.14. The Morgan fingerprint density at radius 1 is 1.19 bits per heavy atom. The van der Waals surface area contributed by atoms with Crippen LogP contribution in [0.4, 0.5) is 0 Å². The van der Waals surface area contributed by atoms with Crippen LogP contribution in [0.5, 0.6) is 0 Å². The second-order valence-electron chi connectivity index (χ2n) is 4.62. The van der Waals surface area contributed by atoms with E-state index in [9.17, 15) is 4.79 Å². The molecule has 0 aliphatic heterocycles. The van der Waals surface area contributed by atoms with Crippen LogP contribution >= 0.6 is 0 Å². The maximum Gasteiger partial charge on any atom is 0.304 e. The van der Waals surface area contributed by atoms with Gasteiger partial charge < -0.3 is 5.11 Å². The monoisotopic (exact) mass is 229 g/mol. The zero-order valence-electron chi connectivity index (χ0n) is 11.2. The van der Waals surface area contributed by atoms with Gasteiger partial charge in [0.2, 0.25) is 0 Å². The molecule has 0 rings (SSSR count). The van der Waals surface area contributed by atoms with Crippen molar-refractivity contribution in [2.45, 2.75) is 71.9 Å². The molecule has 2 unspecified atom stereocenters. The zero-order chi connectivity index (χ0) is 12.6. The van der Waals surface area contributed by atoms with E-state index < -0.39 is 5.97 Å². The molecular formula is C13H27NO2. The van der Waals surface area contributed by atoms with Crippen LogP contribution in [0.15, 0.2) is 0 Å². The molecule has 0 spiro atoms. The van der Waals surface area contributed by atoms with Gasteiger partial charge in [-0.1, -0.05) is 33.1 Å². The molecule has 2 atom stereocenters. The van der Waals surface area contributed by atoms with Gasteiger partial charge in [-0.05, 0) is 26.8 Å². The van der Waals surface area contributed by atoms with Crippen molar-refractivity contribution in [3.05, 3.63) is 0 Å². The van der Waals surface area contributed by atoms with Crippen LogP contribution in [0.25, 0.3) is 0 Å². The zero-order valence-corrected chi connectivity index (χ0v) is 11.2. The predicted molar refractivity (Wildman–Crippen MR) is 67.7 cm³/mol. The average Bonchev–Trinajstić information content (AvgIpc) is 2.18. The van der Waals surface area contributed by atoms with Crippen molar-refractivity contribution >= 4 is 5.97 Å². The van der Waals surface area contributed by atoms with Gasteiger partial charge >= 0.3 is 5.97 Å². The van der Waals surface area contributed by atoms with Crippen molar-refractivity contribution in [1.29, 1.82) is 0 Å². The van der Waals surface area contributed by atoms with Crippen LogP contribution in [-0.2, 0) is 4.79 Å². The maximum absolute atomic E-state index is 10.7. The summed E-state index contributed by atoms with van der Waals surface area (Å²) in [5.74, 6) is -0.702. The molecule has 0 fully saturated rings. The molecule has 0 aromatic heterocycles. The predicted octanol–water partition coefficient (Wildman–Crippen LogP) is 3.14. The van der Waals surface area contributed by atoms with Crippen molar-refractivity contribution in [3.63, 3.8) is 0 Å². The molecular weight excluding hydrogens is 202 g/mol. The largest absolute Gasteiger partial charge is 0.481 e. The Balaban J connectivity index is 4.08. The van der Waals surface area contributed by atoms with Gasteiger partial charge in [-0.2, -0.15) is 0 Å². The summed E-state index contributed by atoms with van der Waals surface area (Å²) in [5.41, 5.74) is 0. The van der Waals surface area contributed by atoms with Crippen molar-refractivity contribution in [1.82, 2.24) is 4.90 Å². The standard InChI is InChI=1S/C13H27NO2/c1-5-7-8-9-11(3)14(6-2)12(4)10-13(15)16/h11-12H,5-10H2,1-4H3,(H,15,16). The molecule has 0 aromatic rings. The Kier molecular flexibility index (Phi) is 8.26. The SMILES string of the molecule is CCCCCC(C)N(CC)C(C)CC(=O)O. The molecule has 1 N–H and O–H groups in total. The smallest absolute Gasteiger partial charge is 0.304 e. The van der Waals surface area contributed by atoms with E-state index in [0.717, 1.165) is 6.54 Å². The minimum absolute atomic E-state index is 0.138. The van der Waals surface area contributed by atoms with Gasteiger partial charge in [0, 0.05) is 12.1 Å². The lowest BCUT2D eigenvalue weighted by atomic mass is 10.1. The number of carboxylic acid groups (broad SMARTS) is 1. The minimum Gasteiger partial charge on any atom is -0.481 e. The molecule has 3 nitrogen and oxygen atoms in total. The van der Waals surface area contributed by atoms with Crippen molar-refractivity contribution < 1.29 is 9.90 Å². The molecule has 0 aliphatic rings. The molecule has 0 saturated carbocycles. The Bertz CT molecular complexity index is 194. The van der Waals surface area contributed by atoms with Crippen LogP contribution in [0.1, 0.15) is 59.8 Å². The lowest BCUT2D eigenvalue weighted by molar-refractivity contribution is -0.138. The van der Waals surface area contributed by atoms with E-state index in [1.165, 1.54) is 25.7 Å². The summed E-state index contributed by atoms with van der Waals surface area (Å²) in [6, 6.07) is 0.630. The van der Waals surface area contributed by atoms with Crippen LogP contribution in [0, 0.1) is 0 Å². The maximum atomic E-state index is 10.7. The number of hydrogen-bond acceptors (Lipinski definition) is 2. The molecule has 3 heteroatoms. The number of unbranched alkanes of at least 4 members (excludes halogenated alkanes) is 2. The summed E-state index contributed by atoms with van der Waals surface area (Å²) in [7, 11) is 0. The van der Waals surface area contributed by atoms with E-state index in [4.69, 9.17) is 5.11 Å². The fourth-order valence-corrected chi connectivity index (χ4v) is 2.28. The van der Waals surface area contributed by atoms with Gasteiger partial charge in [-0.15, -0.1) is 0 Å². The second kappa shape index (κ2) is 8.57. The molecule has 96 valence electrons. The minimum atomic E-state index is -0.702. The van der Waals surface area contributed by atoms with Crippen molar-refractivity contribution in [2.24, 2.45) is 0 Å².